The second kappa shape index (κ2) is 5.75. The van der Waals surface area contributed by atoms with Gasteiger partial charge < -0.3 is 15.8 Å². The van der Waals surface area contributed by atoms with Crippen LogP contribution < -0.4 is 15.8 Å². The fourth-order valence-electron chi connectivity index (χ4n) is 1.80. The van der Waals surface area contributed by atoms with Gasteiger partial charge in [-0.1, -0.05) is 12.1 Å². The van der Waals surface area contributed by atoms with Gasteiger partial charge >= 0.3 is 0 Å². The van der Waals surface area contributed by atoms with Crippen molar-refractivity contribution in [1.29, 1.82) is 0 Å². The normalized spacial score (nSPS) is 11.9. The molecule has 1 atom stereocenters. The summed E-state index contributed by atoms with van der Waals surface area (Å²) in [5.41, 5.74) is 7.40. The number of hydrogen-bond donors (Lipinski definition) is 2. The Bertz CT molecular complexity index is 580. The number of ether oxygens (including phenoxy) is 1. The molecule has 1 aromatic carbocycles. The lowest BCUT2D eigenvalue weighted by atomic mass is 10.1. The Labute approximate surface area is 116 Å². The monoisotopic (exact) mass is 276 g/mol. The molecule has 3 N–H and O–H groups in total. The fourth-order valence-corrected chi connectivity index (χ4v) is 2.56. The number of carbonyl (C=O) groups excluding carboxylic acids is 1. The number of nitrogens with one attached hydrogen (secondary N) is 1. The van der Waals surface area contributed by atoms with Crippen LogP contribution in [0.3, 0.4) is 0 Å². The Morgan fingerprint density at radius 2 is 2.21 bits per heavy atom. The van der Waals surface area contributed by atoms with Gasteiger partial charge in [-0.05, 0) is 36.1 Å². The van der Waals surface area contributed by atoms with Crippen molar-refractivity contribution in [3.05, 3.63) is 46.2 Å². The molecule has 1 heterocycles. The van der Waals surface area contributed by atoms with Gasteiger partial charge in [0.15, 0.2) is 0 Å². The van der Waals surface area contributed by atoms with E-state index >= 15 is 0 Å². The standard InChI is InChI=1S/C14H16N2O2S/c1-9(10-4-3-5-11(15)8-10)16-14(17)13-12(18-2)6-7-19-13/h3-9H,15H2,1-2H3,(H,16,17). The van der Waals surface area contributed by atoms with E-state index in [0.29, 0.717) is 16.3 Å². The van der Waals surface area contributed by atoms with Crippen LogP contribution in [-0.4, -0.2) is 13.0 Å². The highest BCUT2D eigenvalue weighted by atomic mass is 32.1. The number of benzene rings is 1. The van der Waals surface area contributed by atoms with Crippen LogP contribution in [0.5, 0.6) is 5.75 Å². The van der Waals surface area contributed by atoms with E-state index in [-0.39, 0.29) is 11.9 Å². The molecule has 0 saturated heterocycles. The van der Waals surface area contributed by atoms with Crippen LogP contribution in [0.4, 0.5) is 5.69 Å². The number of anilines is 1. The number of nitrogens with two attached hydrogens (primary N) is 1. The summed E-state index contributed by atoms with van der Waals surface area (Å²) in [6.07, 6.45) is 0. The first-order chi connectivity index (χ1) is 9.11. The number of nitrogen functional groups attached to an aromatic ring is 1. The largest absolute Gasteiger partial charge is 0.495 e. The number of carbonyl (C=O) groups is 1. The summed E-state index contributed by atoms with van der Waals surface area (Å²) in [6, 6.07) is 9.16. The van der Waals surface area contributed by atoms with Crippen molar-refractivity contribution in [3.8, 4) is 5.75 Å². The average Bonchev–Trinajstić information content (AvgIpc) is 2.87. The van der Waals surface area contributed by atoms with Crippen LogP contribution in [-0.2, 0) is 0 Å². The molecule has 1 amide bonds. The van der Waals surface area contributed by atoms with E-state index in [1.165, 1.54) is 11.3 Å². The van der Waals surface area contributed by atoms with E-state index in [9.17, 15) is 4.79 Å². The highest BCUT2D eigenvalue weighted by Crippen LogP contribution is 2.25. The molecule has 0 aliphatic heterocycles. The quantitative estimate of drug-likeness (QED) is 0.844. The molecule has 1 unspecified atom stereocenters. The molecule has 4 nitrogen and oxygen atoms in total. The zero-order valence-electron chi connectivity index (χ0n) is 10.8. The van der Waals surface area contributed by atoms with Gasteiger partial charge in [0.25, 0.3) is 5.91 Å². The van der Waals surface area contributed by atoms with E-state index in [0.717, 1.165) is 5.56 Å². The smallest absolute Gasteiger partial charge is 0.265 e. The minimum absolute atomic E-state index is 0.109. The van der Waals surface area contributed by atoms with E-state index in [1.54, 1.807) is 13.2 Å². The lowest BCUT2D eigenvalue weighted by molar-refractivity contribution is 0.0941. The Kier molecular flexibility index (Phi) is 4.06. The summed E-state index contributed by atoms with van der Waals surface area (Å²) in [6.45, 7) is 1.92. The third-order valence-corrected chi connectivity index (χ3v) is 3.71. The van der Waals surface area contributed by atoms with Gasteiger partial charge in [-0.2, -0.15) is 0 Å². The summed E-state index contributed by atoms with van der Waals surface area (Å²) in [5.74, 6) is 0.462. The summed E-state index contributed by atoms with van der Waals surface area (Å²) in [5, 5.41) is 4.77. The minimum atomic E-state index is -0.137. The van der Waals surface area contributed by atoms with Gasteiger partial charge in [0, 0.05) is 5.69 Å². The number of thiophene rings is 1. The lowest BCUT2D eigenvalue weighted by Gasteiger charge is -2.14. The number of methoxy groups -OCH3 is 1. The first-order valence-corrected chi connectivity index (χ1v) is 6.77. The maximum atomic E-state index is 12.1. The van der Waals surface area contributed by atoms with Crippen molar-refractivity contribution in [3.63, 3.8) is 0 Å². The SMILES string of the molecule is COc1ccsc1C(=O)NC(C)c1cccc(N)c1. The molecule has 0 bridgehead atoms. The molecule has 100 valence electrons. The van der Waals surface area contributed by atoms with Gasteiger partial charge in [-0.3, -0.25) is 4.79 Å². The molecule has 19 heavy (non-hydrogen) atoms. The van der Waals surface area contributed by atoms with Crippen LogP contribution in [0, 0.1) is 0 Å². The van der Waals surface area contributed by atoms with E-state index < -0.39 is 0 Å². The molecule has 0 spiro atoms. The maximum Gasteiger partial charge on any atom is 0.265 e. The fraction of sp³-hybridized carbons (Fsp3) is 0.214. The molecule has 5 heteroatoms. The molecule has 0 aliphatic carbocycles. The zero-order chi connectivity index (χ0) is 13.8. The van der Waals surface area contributed by atoms with Gasteiger partial charge in [0.05, 0.1) is 13.2 Å². The molecular formula is C14H16N2O2S. The van der Waals surface area contributed by atoms with Crippen LogP contribution >= 0.6 is 11.3 Å². The van der Waals surface area contributed by atoms with Crippen molar-refractivity contribution in [2.24, 2.45) is 0 Å². The number of amides is 1. The first kappa shape index (κ1) is 13.4. The highest BCUT2D eigenvalue weighted by Gasteiger charge is 2.16. The Balaban J connectivity index is 2.11. The summed E-state index contributed by atoms with van der Waals surface area (Å²) >= 11 is 1.36. The first-order valence-electron chi connectivity index (χ1n) is 5.89. The number of rotatable bonds is 4. The third kappa shape index (κ3) is 3.06. The highest BCUT2D eigenvalue weighted by molar-refractivity contribution is 7.12. The van der Waals surface area contributed by atoms with E-state index in [4.69, 9.17) is 10.5 Å². The van der Waals surface area contributed by atoms with E-state index in [1.807, 2.05) is 36.6 Å². The minimum Gasteiger partial charge on any atom is -0.495 e. The van der Waals surface area contributed by atoms with Gasteiger partial charge in [0.2, 0.25) is 0 Å². The van der Waals surface area contributed by atoms with Crippen LogP contribution in [0.15, 0.2) is 35.7 Å². The van der Waals surface area contributed by atoms with Crippen molar-refractivity contribution in [2.75, 3.05) is 12.8 Å². The Hall–Kier alpha value is -2.01. The van der Waals surface area contributed by atoms with Crippen LogP contribution in [0.2, 0.25) is 0 Å². The molecule has 2 rings (SSSR count). The summed E-state index contributed by atoms with van der Waals surface area (Å²) in [7, 11) is 1.56. The molecule has 0 fully saturated rings. The average molecular weight is 276 g/mol. The van der Waals surface area contributed by atoms with Crippen molar-refractivity contribution < 1.29 is 9.53 Å². The van der Waals surface area contributed by atoms with Gasteiger partial charge in [-0.15, -0.1) is 11.3 Å². The number of hydrogen-bond acceptors (Lipinski definition) is 4. The second-order valence-corrected chi connectivity index (χ2v) is 5.10. The second-order valence-electron chi connectivity index (χ2n) is 4.18. The zero-order valence-corrected chi connectivity index (χ0v) is 11.7. The predicted octanol–water partition coefficient (Wildman–Crippen LogP) is 2.83. The molecule has 0 saturated carbocycles. The Morgan fingerprint density at radius 3 is 2.89 bits per heavy atom. The third-order valence-electron chi connectivity index (χ3n) is 2.81. The lowest BCUT2D eigenvalue weighted by Crippen LogP contribution is -2.26. The van der Waals surface area contributed by atoms with Crippen molar-refractivity contribution in [1.82, 2.24) is 5.32 Å². The van der Waals surface area contributed by atoms with Crippen molar-refractivity contribution in [2.45, 2.75) is 13.0 Å². The van der Waals surface area contributed by atoms with Gasteiger partial charge in [-0.25, -0.2) is 0 Å². The maximum absolute atomic E-state index is 12.1. The molecule has 1 aromatic heterocycles. The predicted molar refractivity (Wildman–Crippen MR) is 77.6 cm³/mol. The van der Waals surface area contributed by atoms with Crippen LogP contribution in [0.1, 0.15) is 28.2 Å². The molecular weight excluding hydrogens is 260 g/mol. The van der Waals surface area contributed by atoms with E-state index in [2.05, 4.69) is 5.32 Å². The topological polar surface area (TPSA) is 64.3 Å². The van der Waals surface area contributed by atoms with Crippen LogP contribution in [0.25, 0.3) is 0 Å². The summed E-state index contributed by atoms with van der Waals surface area (Å²) < 4.78 is 5.14. The van der Waals surface area contributed by atoms with Gasteiger partial charge in [0.1, 0.15) is 10.6 Å². The molecule has 0 aliphatic rings. The van der Waals surface area contributed by atoms with Crippen molar-refractivity contribution >= 4 is 22.9 Å². The Morgan fingerprint density at radius 1 is 1.42 bits per heavy atom. The summed E-state index contributed by atoms with van der Waals surface area (Å²) in [4.78, 5) is 12.7. The molecule has 2 aromatic rings. The molecule has 0 radical (unpaired) electrons.